The van der Waals surface area contributed by atoms with Gasteiger partial charge in [0.1, 0.15) is 11.2 Å². The summed E-state index contributed by atoms with van der Waals surface area (Å²) in [4.78, 5) is 33.9. The molecule has 1 atom stereocenters. The molecule has 0 saturated heterocycles. The summed E-state index contributed by atoms with van der Waals surface area (Å²) in [6.07, 6.45) is 5.34. The lowest BCUT2D eigenvalue weighted by Gasteiger charge is -2.25. The van der Waals surface area contributed by atoms with E-state index in [0.29, 0.717) is 17.0 Å². The van der Waals surface area contributed by atoms with Gasteiger partial charge in [0.2, 0.25) is 0 Å². The predicted molar refractivity (Wildman–Crippen MR) is 149 cm³/mol. The van der Waals surface area contributed by atoms with E-state index in [1.807, 2.05) is 92.2 Å². The van der Waals surface area contributed by atoms with Crippen molar-refractivity contribution >= 4 is 61.2 Å². The summed E-state index contributed by atoms with van der Waals surface area (Å²) in [7, 11) is 0. The lowest BCUT2D eigenvalue weighted by Crippen LogP contribution is -2.30. The van der Waals surface area contributed by atoms with Crippen molar-refractivity contribution in [2.75, 3.05) is 10.6 Å². The molecule has 8 nitrogen and oxygen atoms in total. The summed E-state index contributed by atoms with van der Waals surface area (Å²) >= 11 is 3.41. The van der Waals surface area contributed by atoms with Crippen molar-refractivity contribution < 1.29 is 14.3 Å². The van der Waals surface area contributed by atoms with Crippen LogP contribution in [0.5, 0.6) is 0 Å². The molecular weight excluding hydrogens is 534 g/mol. The lowest BCUT2D eigenvalue weighted by atomic mass is 10.1. The van der Waals surface area contributed by atoms with Gasteiger partial charge in [-0.2, -0.15) is 0 Å². The Balaban J connectivity index is 1.53. The van der Waals surface area contributed by atoms with E-state index in [2.05, 4.69) is 36.5 Å². The average Bonchev–Trinajstić information content (AvgIpc) is 3.44. The van der Waals surface area contributed by atoms with Gasteiger partial charge in [0.25, 0.3) is 0 Å². The van der Waals surface area contributed by atoms with Gasteiger partial charge >= 0.3 is 12.0 Å². The SMILES string of the molecule is CC(C)(C)OC(=O)C(c1c[nH]c2ncccc12)n1ccc2c(NC(=O)Nc3cccc(Br)c3)cccc21. The number of amides is 2. The van der Waals surface area contributed by atoms with Crippen LogP contribution in [0.25, 0.3) is 21.9 Å². The van der Waals surface area contributed by atoms with Crippen LogP contribution in [0.15, 0.2) is 83.7 Å². The number of fused-ring (bicyclic) bond motifs is 2. The second-order valence-electron chi connectivity index (χ2n) is 9.63. The number of aromatic amines is 1. The van der Waals surface area contributed by atoms with Crippen molar-refractivity contribution in [3.05, 3.63) is 89.3 Å². The van der Waals surface area contributed by atoms with E-state index in [-0.39, 0.29) is 12.0 Å². The van der Waals surface area contributed by atoms with E-state index in [4.69, 9.17) is 4.74 Å². The maximum atomic E-state index is 13.6. The molecule has 2 amide bonds. The van der Waals surface area contributed by atoms with Gasteiger partial charge < -0.3 is 24.9 Å². The lowest BCUT2D eigenvalue weighted by molar-refractivity contribution is -0.157. The number of ether oxygens (including phenoxy) is 1. The smallest absolute Gasteiger partial charge is 0.334 e. The van der Waals surface area contributed by atoms with Gasteiger partial charge in [-0.05, 0) is 69.3 Å². The number of rotatable bonds is 5. The van der Waals surface area contributed by atoms with E-state index in [9.17, 15) is 9.59 Å². The van der Waals surface area contributed by atoms with Gasteiger partial charge in [0, 0.05) is 45.1 Å². The first-order chi connectivity index (χ1) is 17.7. The Morgan fingerprint density at radius 2 is 1.84 bits per heavy atom. The summed E-state index contributed by atoms with van der Waals surface area (Å²) in [5, 5.41) is 7.39. The van der Waals surface area contributed by atoms with Crippen molar-refractivity contribution in [1.29, 1.82) is 0 Å². The quantitative estimate of drug-likeness (QED) is 0.205. The highest BCUT2D eigenvalue weighted by molar-refractivity contribution is 9.10. The Kier molecular flexibility index (Phi) is 6.47. The Hall–Kier alpha value is -4.11. The monoisotopic (exact) mass is 559 g/mol. The molecule has 0 radical (unpaired) electrons. The van der Waals surface area contributed by atoms with Gasteiger partial charge in [-0.15, -0.1) is 0 Å². The number of H-pyrrole nitrogens is 1. The molecule has 5 rings (SSSR count). The largest absolute Gasteiger partial charge is 0.458 e. The molecule has 5 aromatic rings. The van der Waals surface area contributed by atoms with Crippen LogP contribution in [0.4, 0.5) is 16.2 Å². The number of hydrogen-bond acceptors (Lipinski definition) is 4. The van der Waals surface area contributed by atoms with Crippen LogP contribution in [0.1, 0.15) is 32.4 Å². The summed E-state index contributed by atoms with van der Waals surface area (Å²) in [5.41, 5.74) is 2.82. The number of nitrogens with zero attached hydrogens (tertiary/aromatic N) is 2. The molecule has 0 aliphatic carbocycles. The first-order valence-corrected chi connectivity index (χ1v) is 12.6. The zero-order chi connectivity index (χ0) is 26.2. The molecule has 3 N–H and O–H groups in total. The van der Waals surface area contributed by atoms with Crippen molar-refractivity contribution in [2.45, 2.75) is 32.4 Å². The second kappa shape index (κ2) is 9.74. The van der Waals surface area contributed by atoms with Crippen LogP contribution < -0.4 is 10.6 Å². The molecule has 3 aromatic heterocycles. The Bertz CT molecular complexity index is 1620. The third kappa shape index (κ3) is 5.22. The number of hydrogen-bond donors (Lipinski definition) is 3. The van der Waals surface area contributed by atoms with Gasteiger partial charge in [0.05, 0.1) is 11.2 Å². The fourth-order valence-corrected chi connectivity index (χ4v) is 4.72. The average molecular weight is 560 g/mol. The molecule has 37 heavy (non-hydrogen) atoms. The number of aromatic nitrogens is 3. The predicted octanol–water partition coefficient (Wildman–Crippen LogP) is 6.86. The number of anilines is 2. The molecule has 1 unspecified atom stereocenters. The number of esters is 1. The summed E-state index contributed by atoms with van der Waals surface area (Å²) in [6.45, 7) is 5.54. The van der Waals surface area contributed by atoms with Crippen LogP contribution in [0.3, 0.4) is 0 Å². The van der Waals surface area contributed by atoms with E-state index < -0.39 is 11.6 Å². The molecular formula is C28H26BrN5O3. The Morgan fingerprint density at radius 1 is 1.03 bits per heavy atom. The molecule has 0 aliphatic heterocycles. The summed E-state index contributed by atoms with van der Waals surface area (Å²) in [6, 6.07) is 17.5. The van der Waals surface area contributed by atoms with E-state index in [0.717, 1.165) is 26.3 Å². The molecule has 2 aromatic carbocycles. The molecule has 3 heterocycles. The van der Waals surface area contributed by atoms with Crippen molar-refractivity contribution in [2.24, 2.45) is 0 Å². The van der Waals surface area contributed by atoms with Crippen LogP contribution in [0, 0.1) is 0 Å². The highest BCUT2D eigenvalue weighted by atomic mass is 79.9. The zero-order valence-corrected chi connectivity index (χ0v) is 22.2. The molecule has 0 aliphatic rings. The molecule has 0 saturated carbocycles. The highest BCUT2D eigenvalue weighted by Crippen LogP contribution is 2.34. The van der Waals surface area contributed by atoms with Crippen LogP contribution in [-0.4, -0.2) is 32.1 Å². The normalized spacial score (nSPS) is 12.4. The Morgan fingerprint density at radius 3 is 2.62 bits per heavy atom. The van der Waals surface area contributed by atoms with E-state index in [1.54, 1.807) is 12.4 Å². The van der Waals surface area contributed by atoms with Gasteiger partial charge in [-0.25, -0.2) is 14.6 Å². The number of carbonyl (C=O) groups excluding carboxylic acids is 2. The van der Waals surface area contributed by atoms with Crippen molar-refractivity contribution in [1.82, 2.24) is 14.5 Å². The number of urea groups is 1. The number of halogens is 1. The van der Waals surface area contributed by atoms with Crippen molar-refractivity contribution in [3.8, 4) is 0 Å². The summed E-state index contributed by atoms with van der Waals surface area (Å²) < 4.78 is 8.58. The fraction of sp³-hybridized carbons (Fsp3) is 0.179. The zero-order valence-electron chi connectivity index (χ0n) is 20.6. The summed E-state index contributed by atoms with van der Waals surface area (Å²) in [5.74, 6) is -0.388. The number of benzene rings is 2. The maximum absolute atomic E-state index is 13.6. The van der Waals surface area contributed by atoms with Crippen molar-refractivity contribution in [3.63, 3.8) is 0 Å². The van der Waals surface area contributed by atoms with Gasteiger partial charge in [-0.1, -0.05) is 28.1 Å². The number of pyridine rings is 1. The maximum Gasteiger partial charge on any atom is 0.334 e. The molecule has 0 bridgehead atoms. The molecule has 188 valence electrons. The van der Waals surface area contributed by atoms with E-state index >= 15 is 0 Å². The fourth-order valence-electron chi connectivity index (χ4n) is 4.32. The minimum absolute atomic E-state index is 0.371. The third-order valence-electron chi connectivity index (χ3n) is 5.78. The topological polar surface area (TPSA) is 101 Å². The number of nitrogens with one attached hydrogen (secondary N) is 3. The van der Waals surface area contributed by atoms with Crippen LogP contribution >= 0.6 is 15.9 Å². The Labute approximate surface area is 222 Å². The standard InChI is InChI=1S/C28H26BrN5O3/c1-28(2,3)37-26(35)24(21-16-31-25-19(21)9-6-13-30-25)34-14-12-20-22(10-5-11-23(20)34)33-27(36)32-18-8-4-7-17(29)15-18/h4-16,24H,1-3H3,(H,30,31)(H2,32,33,36). The minimum atomic E-state index is -0.763. The van der Waals surface area contributed by atoms with Gasteiger partial charge in [-0.3, -0.25) is 0 Å². The second-order valence-corrected chi connectivity index (χ2v) is 10.5. The number of carbonyl (C=O) groups is 2. The molecule has 0 fully saturated rings. The third-order valence-corrected chi connectivity index (χ3v) is 6.27. The molecule has 9 heteroatoms. The first-order valence-electron chi connectivity index (χ1n) is 11.8. The van der Waals surface area contributed by atoms with Gasteiger partial charge in [0.15, 0.2) is 6.04 Å². The first kappa shape index (κ1) is 24.6. The van der Waals surface area contributed by atoms with E-state index in [1.165, 1.54) is 0 Å². The van der Waals surface area contributed by atoms with Crippen LogP contribution in [0.2, 0.25) is 0 Å². The highest BCUT2D eigenvalue weighted by Gasteiger charge is 2.31. The minimum Gasteiger partial charge on any atom is -0.458 e. The molecule has 0 spiro atoms. The van der Waals surface area contributed by atoms with Crippen LogP contribution in [-0.2, 0) is 9.53 Å².